The van der Waals surface area contributed by atoms with Gasteiger partial charge in [-0.25, -0.2) is 0 Å². The highest BCUT2D eigenvalue weighted by Gasteiger charge is 2.24. The monoisotopic (exact) mass is 250 g/mol. The molecule has 0 saturated heterocycles. The van der Waals surface area contributed by atoms with Crippen LogP contribution in [0, 0.1) is 20.8 Å². The average Bonchev–Trinajstić information content (AvgIpc) is 2.25. The van der Waals surface area contributed by atoms with Gasteiger partial charge in [-0.15, -0.1) is 0 Å². The first-order chi connectivity index (χ1) is 8.31. The number of benzene rings is 1. The number of amides is 1. The fraction of sp³-hybridized carbons (Fsp3) is 0.500. The molecule has 0 aliphatic heterocycles. The molecular weight excluding hydrogens is 228 g/mol. The summed E-state index contributed by atoms with van der Waals surface area (Å²) in [4.78, 5) is 13.4. The number of ether oxygens (including phenoxy) is 1. The maximum atomic E-state index is 11.6. The molecule has 1 rings (SSSR count). The number of nitrogens with zero attached hydrogens (tertiary/aromatic N) is 1. The number of hydrogen-bond acceptors (Lipinski definition) is 3. The van der Waals surface area contributed by atoms with Crippen LogP contribution in [0.3, 0.4) is 0 Å². The Morgan fingerprint density at radius 2 is 1.83 bits per heavy atom. The lowest BCUT2D eigenvalue weighted by Crippen LogP contribution is -2.33. The van der Waals surface area contributed by atoms with Gasteiger partial charge in [-0.3, -0.25) is 9.69 Å². The molecule has 0 aromatic heterocycles. The molecule has 1 unspecified atom stereocenters. The Hall–Kier alpha value is -1.55. The summed E-state index contributed by atoms with van der Waals surface area (Å²) in [5, 5.41) is 0. The standard InChI is InChI=1S/C14H22N2O2/c1-8-7-11(12(14(15)17)16(4)5)9(2)10(3)13(8)18-6/h7,12H,1-6H3,(H2,15,17). The minimum absolute atomic E-state index is 0.341. The molecule has 4 heteroatoms. The van der Waals surface area contributed by atoms with Gasteiger partial charge in [0, 0.05) is 0 Å². The van der Waals surface area contributed by atoms with Crippen molar-refractivity contribution >= 4 is 5.91 Å². The lowest BCUT2D eigenvalue weighted by atomic mass is 9.93. The van der Waals surface area contributed by atoms with Gasteiger partial charge >= 0.3 is 0 Å². The Bertz CT molecular complexity index is 467. The van der Waals surface area contributed by atoms with Crippen LogP contribution in [0.25, 0.3) is 0 Å². The van der Waals surface area contributed by atoms with E-state index in [0.717, 1.165) is 28.0 Å². The summed E-state index contributed by atoms with van der Waals surface area (Å²) < 4.78 is 5.38. The number of carbonyl (C=O) groups excluding carboxylic acids is 1. The van der Waals surface area contributed by atoms with Gasteiger partial charge < -0.3 is 10.5 Å². The Balaban J connectivity index is 3.46. The highest BCUT2D eigenvalue weighted by Crippen LogP contribution is 2.32. The van der Waals surface area contributed by atoms with E-state index in [0.29, 0.717) is 0 Å². The second-order valence-corrected chi connectivity index (χ2v) is 4.83. The van der Waals surface area contributed by atoms with Crippen molar-refractivity contribution in [3.63, 3.8) is 0 Å². The number of methoxy groups -OCH3 is 1. The van der Waals surface area contributed by atoms with Crippen molar-refractivity contribution in [2.24, 2.45) is 5.73 Å². The van der Waals surface area contributed by atoms with Gasteiger partial charge in [-0.2, -0.15) is 0 Å². The van der Waals surface area contributed by atoms with Crippen molar-refractivity contribution in [3.8, 4) is 5.75 Å². The summed E-state index contributed by atoms with van der Waals surface area (Å²) in [5.74, 6) is 0.533. The second-order valence-electron chi connectivity index (χ2n) is 4.83. The van der Waals surface area contributed by atoms with Crippen LogP contribution >= 0.6 is 0 Å². The van der Waals surface area contributed by atoms with Gasteiger partial charge in [0.1, 0.15) is 11.8 Å². The highest BCUT2D eigenvalue weighted by atomic mass is 16.5. The first-order valence-electron chi connectivity index (χ1n) is 5.91. The number of carbonyl (C=O) groups is 1. The smallest absolute Gasteiger partial charge is 0.239 e. The number of likely N-dealkylation sites (N-methyl/N-ethyl adjacent to an activating group) is 1. The predicted molar refractivity (Wildman–Crippen MR) is 72.8 cm³/mol. The summed E-state index contributed by atoms with van der Waals surface area (Å²) in [5.41, 5.74) is 9.57. The van der Waals surface area contributed by atoms with E-state index >= 15 is 0 Å². The second kappa shape index (κ2) is 5.40. The Morgan fingerprint density at radius 3 is 2.22 bits per heavy atom. The van der Waals surface area contributed by atoms with E-state index in [1.165, 1.54) is 0 Å². The normalized spacial score (nSPS) is 12.6. The average molecular weight is 250 g/mol. The van der Waals surface area contributed by atoms with Crippen molar-refractivity contribution < 1.29 is 9.53 Å². The maximum Gasteiger partial charge on any atom is 0.239 e. The van der Waals surface area contributed by atoms with Gasteiger partial charge in [0.25, 0.3) is 0 Å². The van der Waals surface area contributed by atoms with E-state index in [-0.39, 0.29) is 5.91 Å². The van der Waals surface area contributed by atoms with Crippen LogP contribution in [0.2, 0.25) is 0 Å². The zero-order valence-corrected chi connectivity index (χ0v) is 12.0. The largest absolute Gasteiger partial charge is 0.496 e. The molecule has 1 amide bonds. The molecule has 0 spiro atoms. The number of rotatable bonds is 4. The number of aryl methyl sites for hydroxylation is 1. The molecule has 0 aliphatic rings. The quantitative estimate of drug-likeness (QED) is 0.885. The minimum Gasteiger partial charge on any atom is -0.496 e. The van der Waals surface area contributed by atoms with Crippen molar-refractivity contribution in [1.82, 2.24) is 4.90 Å². The Kier molecular flexibility index (Phi) is 4.35. The lowest BCUT2D eigenvalue weighted by molar-refractivity contribution is -0.122. The zero-order valence-electron chi connectivity index (χ0n) is 12.0. The summed E-state index contributed by atoms with van der Waals surface area (Å²) in [6, 6.07) is 1.57. The van der Waals surface area contributed by atoms with E-state index in [1.807, 2.05) is 45.8 Å². The zero-order chi connectivity index (χ0) is 14.0. The molecule has 0 saturated carbocycles. The first-order valence-corrected chi connectivity index (χ1v) is 5.91. The van der Waals surface area contributed by atoms with E-state index in [2.05, 4.69) is 0 Å². The lowest BCUT2D eigenvalue weighted by Gasteiger charge is -2.25. The topological polar surface area (TPSA) is 55.6 Å². The maximum absolute atomic E-state index is 11.6. The van der Waals surface area contributed by atoms with E-state index in [9.17, 15) is 4.79 Å². The van der Waals surface area contributed by atoms with Crippen molar-refractivity contribution in [2.45, 2.75) is 26.8 Å². The molecule has 0 radical (unpaired) electrons. The fourth-order valence-electron chi connectivity index (χ4n) is 2.37. The Labute approximate surface area is 109 Å². The molecule has 0 fully saturated rings. The molecule has 4 nitrogen and oxygen atoms in total. The molecule has 0 heterocycles. The van der Waals surface area contributed by atoms with Crippen molar-refractivity contribution in [3.05, 3.63) is 28.3 Å². The van der Waals surface area contributed by atoms with Crippen LogP contribution in [-0.2, 0) is 4.79 Å². The van der Waals surface area contributed by atoms with E-state index in [1.54, 1.807) is 7.11 Å². The summed E-state index contributed by atoms with van der Waals surface area (Å²) in [6.07, 6.45) is 0. The molecule has 2 N–H and O–H groups in total. The molecule has 100 valence electrons. The third-order valence-electron chi connectivity index (χ3n) is 3.35. The van der Waals surface area contributed by atoms with Crippen LogP contribution in [0.15, 0.2) is 6.07 Å². The van der Waals surface area contributed by atoms with E-state index in [4.69, 9.17) is 10.5 Å². The number of nitrogens with two attached hydrogens (primary N) is 1. The third-order valence-corrected chi connectivity index (χ3v) is 3.35. The number of hydrogen-bond donors (Lipinski definition) is 1. The minimum atomic E-state index is -0.409. The first kappa shape index (κ1) is 14.5. The SMILES string of the molecule is COc1c(C)cc(C(C(N)=O)N(C)C)c(C)c1C. The predicted octanol–water partition coefficient (Wildman–Crippen LogP) is 1.71. The molecule has 1 aromatic carbocycles. The third kappa shape index (κ3) is 2.48. The highest BCUT2D eigenvalue weighted by molar-refractivity contribution is 5.82. The molecule has 0 aliphatic carbocycles. The molecular formula is C14H22N2O2. The molecule has 18 heavy (non-hydrogen) atoms. The fourth-order valence-corrected chi connectivity index (χ4v) is 2.37. The van der Waals surface area contributed by atoms with Crippen LogP contribution < -0.4 is 10.5 Å². The molecule has 1 aromatic rings. The number of primary amides is 1. The van der Waals surface area contributed by atoms with Gasteiger partial charge in [0.05, 0.1) is 7.11 Å². The van der Waals surface area contributed by atoms with Gasteiger partial charge in [0.15, 0.2) is 0 Å². The van der Waals surface area contributed by atoms with Gasteiger partial charge in [-0.05, 0) is 57.1 Å². The summed E-state index contributed by atoms with van der Waals surface area (Å²) >= 11 is 0. The van der Waals surface area contributed by atoms with Crippen molar-refractivity contribution in [1.29, 1.82) is 0 Å². The molecule has 0 bridgehead atoms. The Morgan fingerprint density at radius 1 is 1.28 bits per heavy atom. The van der Waals surface area contributed by atoms with Gasteiger partial charge in [0.2, 0.25) is 5.91 Å². The van der Waals surface area contributed by atoms with Crippen LogP contribution in [0.4, 0.5) is 0 Å². The van der Waals surface area contributed by atoms with Gasteiger partial charge in [-0.1, -0.05) is 6.07 Å². The van der Waals surface area contributed by atoms with Crippen LogP contribution in [-0.4, -0.2) is 32.0 Å². The van der Waals surface area contributed by atoms with E-state index < -0.39 is 6.04 Å². The summed E-state index contributed by atoms with van der Waals surface area (Å²) in [6.45, 7) is 5.97. The summed E-state index contributed by atoms with van der Waals surface area (Å²) in [7, 11) is 5.36. The molecule has 1 atom stereocenters. The van der Waals surface area contributed by atoms with Crippen molar-refractivity contribution in [2.75, 3.05) is 21.2 Å². The van der Waals surface area contributed by atoms with Crippen LogP contribution in [0.1, 0.15) is 28.3 Å². The van der Waals surface area contributed by atoms with Crippen LogP contribution in [0.5, 0.6) is 5.75 Å².